The van der Waals surface area contributed by atoms with Gasteiger partial charge in [0.15, 0.2) is 12.6 Å². The van der Waals surface area contributed by atoms with Crippen LogP contribution in [0.1, 0.15) is 6.92 Å². The van der Waals surface area contributed by atoms with E-state index in [2.05, 4.69) is 5.32 Å². The summed E-state index contributed by atoms with van der Waals surface area (Å²) in [6, 6.07) is -3.32. The maximum atomic E-state index is 11.0. The molecule has 1 aliphatic carbocycles. The molecule has 1 saturated carbocycles. The first-order valence-corrected chi connectivity index (χ1v) is 11.1. The van der Waals surface area contributed by atoms with Gasteiger partial charge in [-0.2, -0.15) is 0 Å². The molecule has 34 heavy (non-hydrogen) atoms. The molecule has 0 bridgehead atoms. The van der Waals surface area contributed by atoms with Gasteiger partial charge in [0.1, 0.15) is 54.4 Å². The number of likely N-dealkylation sites (N-methyl/N-ethyl adjacent to an activating group) is 1. The molecule has 3 rings (SSSR count). The summed E-state index contributed by atoms with van der Waals surface area (Å²) in [5.74, 6) is 0. The highest BCUT2D eigenvalue weighted by Crippen LogP contribution is 2.32. The highest BCUT2D eigenvalue weighted by Gasteiger charge is 2.54. The lowest BCUT2D eigenvalue weighted by atomic mass is 9.81. The van der Waals surface area contributed by atoms with E-state index >= 15 is 0 Å². The van der Waals surface area contributed by atoms with Gasteiger partial charge in [0.25, 0.3) is 0 Å². The third kappa shape index (κ3) is 5.10. The predicted octanol–water partition coefficient (Wildman–Crippen LogP) is -7.03. The molecule has 2 saturated heterocycles. The lowest BCUT2D eigenvalue weighted by molar-refractivity contribution is -0.334. The number of rotatable bonds is 6. The molecule has 15 atom stereocenters. The average molecular weight is 499 g/mol. The zero-order valence-corrected chi connectivity index (χ0v) is 19.0. The normalized spacial score (nSPS) is 54.7. The van der Waals surface area contributed by atoms with Gasteiger partial charge >= 0.3 is 0 Å². The Morgan fingerprint density at radius 1 is 0.853 bits per heavy atom. The summed E-state index contributed by atoms with van der Waals surface area (Å²) in [6.45, 7) is 1.07. The van der Waals surface area contributed by atoms with Gasteiger partial charge in [-0.25, -0.2) is 0 Å². The molecule has 200 valence electrons. The van der Waals surface area contributed by atoms with Crippen LogP contribution < -0.4 is 22.5 Å². The Labute approximate surface area is 196 Å². The zero-order chi connectivity index (χ0) is 25.5. The third-order valence-electron chi connectivity index (χ3n) is 6.85. The largest absolute Gasteiger partial charge is 0.390 e. The van der Waals surface area contributed by atoms with Crippen LogP contribution in [-0.2, 0) is 18.9 Å². The molecule has 0 aromatic heterocycles. The molecule has 2 heterocycles. The van der Waals surface area contributed by atoms with Gasteiger partial charge in [0, 0.05) is 6.54 Å². The van der Waals surface area contributed by atoms with Crippen LogP contribution in [-0.4, -0.2) is 147 Å². The maximum Gasteiger partial charge on any atom is 0.187 e. The molecule has 0 spiro atoms. The van der Waals surface area contributed by atoms with Crippen LogP contribution >= 0.6 is 0 Å². The number of nitrogens with one attached hydrogen (secondary N) is 1. The Morgan fingerprint density at radius 2 is 1.41 bits per heavy atom. The van der Waals surface area contributed by atoms with Crippen LogP contribution in [0.5, 0.6) is 0 Å². The van der Waals surface area contributed by atoms with E-state index < -0.39 is 91.2 Å². The monoisotopic (exact) mass is 498 g/mol. The van der Waals surface area contributed by atoms with E-state index in [1.807, 2.05) is 0 Å². The average Bonchev–Trinajstić information content (AvgIpc) is 2.79. The summed E-state index contributed by atoms with van der Waals surface area (Å²) < 4.78 is 22.2. The molecule has 15 nitrogen and oxygen atoms in total. The van der Waals surface area contributed by atoms with Gasteiger partial charge in [-0.1, -0.05) is 0 Å². The van der Waals surface area contributed by atoms with Crippen molar-refractivity contribution < 1.29 is 54.7 Å². The van der Waals surface area contributed by atoms with Gasteiger partial charge in [-0.3, -0.25) is 0 Å². The van der Waals surface area contributed by atoms with Crippen molar-refractivity contribution in [1.82, 2.24) is 5.32 Å². The van der Waals surface area contributed by atoms with E-state index in [0.29, 0.717) is 0 Å². The standard InChI is InChI=1S/C19H38N4O11/c1-19(30)4-31-17(13(29)16(19)23-2)33-14-6(21)9(25)7(22)15(12(14)28)34-18-11(27)10(26)8(24)5(3-20)32-18/h5-18,23-30H,3-4,20-22H2,1-2H3/t5-,6+,7-,8-,9+,10+,11-,12+,13-,14-,15+,16-,17-,18-,19+/m1/s1. The van der Waals surface area contributed by atoms with E-state index in [1.54, 1.807) is 0 Å². The molecule has 0 unspecified atom stereocenters. The van der Waals surface area contributed by atoms with Crippen LogP contribution in [0.25, 0.3) is 0 Å². The van der Waals surface area contributed by atoms with E-state index in [-0.39, 0.29) is 13.2 Å². The smallest absolute Gasteiger partial charge is 0.187 e. The first-order valence-electron chi connectivity index (χ1n) is 11.1. The molecule has 0 aromatic carbocycles. The highest BCUT2D eigenvalue weighted by molar-refractivity contribution is 5.06. The van der Waals surface area contributed by atoms with Gasteiger partial charge in [0.05, 0.1) is 30.8 Å². The Hall–Kier alpha value is -0.600. The fourth-order valence-corrected chi connectivity index (χ4v) is 4.73. The van der Waals surface area contributed by atoms with Crippen molar-refractivity contribution in [2.24, 2.45) is 17.2 Å². The van der Waals surface area contributed by atoms with E-state index in [0.717, 1.165) is 0 Å². The number of aliphatic hydroxyl groups is 7. The van der Waals surface area contributed by atoms with Crippen LogP contribution in [0.4, 0.5) is 0 Å². The van der Waals surface area contributed by atoms with E-state index in [9.17, 15) is 35.7 Å². The summed E-state index contributed by atoms with van der Waals surface area (Å²) in [4.78, 5) is 0. The predicted molar refractivity (Wildman–Crippen MR) is 113 cm³/mol. The summed E-state index contributed by atoms with van der Waals surface area (Å²) >= 11 is 0. The Kier molecular flexibility index (Phi) is 8.88. The molecule has 3 fully saturated rings. The van der Waals surface area contributed by atoms with E-state index in [1.165, 1.54) is 14.0 Å². The van der Waals surface area contributed by atoms with Crippen molar-refractivity contribution in [3.05, 3.63) is 0 Å². The Bertz CT molecular complexity index is 676. The van der Waals surface area contributed by atoms with Gasteiger partial charge in [-0.05, 0) is 14.0 Å². The third-order valence-corrected chi connectivity index (χ3v) is 6.85. The fraction of sp³-hybridized carbons (Fsp3) is 1.00. The fourth-order valence-electron chi connectivity index (χ4n) is 4.73. The van der Waals surface area contributed by atoms with Crippen molar-refractivity contribution in [3.63, 3.8) is 0 Å². The molecule has 0 amide bonds. The molecular formula is C19H38N4O11. The number of hydrogen-bond donors (Lipinski definition) is 11. The second-order valence-corrected chi connectivity index (χ2v) is 9.38. The maximum absolute atomic E-state index is 11.0. The van der Waals surface area contributed by atoms with Crippen molar-refractivity contribution in [3.8, 4) is 0 Å². The van der Waals surface area contributed by atoms with Crippen LogP contribution in [0.15, 0.2) is 0 Å². The first kappa shape index (κ1) is 28.0. The molecule has 0 aromatic rings. The van der Waals surface area contributed by atoms with Gasteiger partial charge in [0.2, 0.25) is 0 Å². The molecule has 15 heteroatoms. The summed E-state index contributed by atoms with van der Waals surface area (Å²) in [7, 11) is 1.54. The summed E-state index contributed by atoms with van der Waals surface area (Å²) in [5.41, 5.74) is 16.2. The number of nitrogens with two attached hydrogens (primary N) is 3. The molecule has 0 radical (unpaired) electrons. The van der Waals surface area contributed by atoms with Crippen molar-refractivity contribution in [2.75, 3.05) is 20.2 Å². The van der Waals surface area contributed by atoms with Crippen LogP contribution in [0, 0.1) is 0 Å². The Morgan fingerprint density at radius 3 is 1.94 bits per heavy atom. The lowest BCUT2D eigenvalue weighted by Gasteiger charge is -2.50. The minimum atomic E-state index is -1.72. The number of hydrogen-bond acceptors (Lipinski definition) is 15. The minimum Gasteiger partial charge on any atom is -0.390 e. The summed E-state index contributed by atoms with van der Waals surface area (Å²) in [6.07, 6.45) is -16.0. The van der Waals surface area contributed by atoms with Crippen molar-refractivity contribution >= 4 is 0 Å². The number of ether oxygens (including phenoxy) is 4. The Balaban J connectivity index is 1.76. The molecule has 14 N–H and O–H groups in total. The minimum absolute atomic E-state index is 0.198. The van der Waals surface area contributed by atoms with E-state index in [4.69, 9.17) is 36.1 Å². The second kappa shape index (κ2) is 10.8. The molecule has 2 aliphatic heterocycles. The van der Waals surface area contributed by atoms with Gasteiger partial charge in [-0.15, -0.1) is 0 Å². The molecule has 3 aliphatic rings. The SMILES string of the molecule is CN[C@@H]1[C@@H](O)[C@@H](O[C@@H]2[C@@H](N)[C@H](O)[C@@H](N)[C@H](O[C@H]3O[C@H](CN)[C@@H](O)[C@H](O)[C@H]3O)[C@H]2O)OC[C@]1(C)O. The number of aliphatic hydroxyl groups excluding tert-OH is 6. The molecular weight excluding hydrogens is 460 g/mol. The second-order valence-electron chi connectivity index (χ2n) is 9.38. The van der Waals surface area contributed by atoms with Crippen LogP contribution in [0.2, 0.25) is 0 Å². The zero-order valence-electron chi connectivity index (χ0n) is 19.0. The van der Waals surface area contributed by atoms with Crippen LogP contribution in [0.3, 0.4) is 0 Å². The van der Waals surface area contributed by atoms with Gasteiger partial charge < -0.3 is 77.2 Å². The summed E-state index contributed by atoms with van der Waals surface area (Å²) in [5, 5.41) is 75.7. The van der Waals surface area contributed by atoms with Crippen molar-refractivity contribution in [1.29, 1.82) is 0 Å². The van der Waals surface area contributed by atoms with Crippen molar-refractivity contribution in [2.45, 2.75) is 98.2 Å². The quantitative estimate of drug-likeness (QED) is 0.162. The highest BCUT2D eigenvalue weighted by atomic mass is 16.7. The lowest BCUT2D eigenvalue weighted by Crippen LogP contribution is -2.73. The first-order chi connectivity index (χ1) is 15.8. The topological polar surface area (TPSA) is 269 Å².